The molecule has 2 atom stereocenters. The second kappa shape index (κ2) is 3.27. The Kier molecular flexibility index (Phi) is 2.87. The molecule has 0 aromatic carbocycles. The lowest BCUT2D eigenvalue weighted by atomic mass is 9.36. The summed E-state index contributed by atoms with van der Waals surface area (Å²) in [6, 6.07) is 0. The van der Waals surface area contributed by atoms with Gasteiger partial charge in [0.15, 0.2) is 0 Å². The van der Waals surface area contributed by atoms with Gasteiger partial charge in [-0.3, -0.25) is 0 Å². The van der Waals surface area contributed by atoms with Crippen molar-refractivity contribution in [3.05, 3.63) is 0 Å². The fourth-order valence-electron chi connectivity index (χ4n) is 4.00. The minimum absolute atomic E-state index is 0.357. The summed E-state index contributed by atoms with van der Waals surface area (Å²) in [5.74, 6) is 1.54. The van der Waals surface area contributed by atoms with Gasteiger partial charge in [-0.15, -0.1) is 0 Å². The van der Waals surface area contributed by atoms with E-state index >= 15 is 0 Å². The molecule has 0 saturated heterocycles. The normalized spacial score (nSPS) is 39.4. The second-order valence-corrected chi connectivity index (χ2v) is 8.27. The minimum Gasteiger partial charge on any atom is -0.0617 e. The van der Waals surface area contributed by atoms with Crippen molar-refractivity contribution in [2.75, 3.05) is 0 Å². The van der Waals surface area contributed by atoms with Gasteiger partial charge in [0.1, 0.15) is 0 Å². The van der Waals surface area contributed by atoms with E-state index in [2.05, 4.69) is 69.2 Å². The van der Waals surface area contributed by atoms with Crippen molar-refractivity contribution >= 4 is 0 Å². The predicted octanol–water partition coefficient (Wildman–Crippen LogP) is 5.38. The molecule has 0 aromatic rings. The van der Waals surface area contributed by atoms with E-state index in [1.54, 1.807) is 0 Å². The van der Waals surface area contributed by atoms with Crippen LogP contribution >= 0.6 is 0 Å². The number of hydrogen-bond donors (Lipinski definition) is 0. The van der Waals surface area contributed by atoms with Crippen LogP contribution in [0.2, 0.25) is 0 Å². The van der Waals surface area contributed by atoms with Crippen LogP contribution in [0.5, 0.6) is 0 Å². The Bertz CT molecular complexity index is 248. The highest BCUT2D eigenvalue weighted by Crippen LogP contribution is 2.69. The topological polar surface area (TPSA) is 0 Å². The van der Waals surface area contributed by atoms with Crippen LogP contribution in [0.3, 0.4) is 0 Å². The Hall–Kier alpha value is 0. The first-order valence-electron chi connectivity index (χ1n) is 6.82. The van der Waals surface area contributed by atoms with E-state index < -0.39 is 0 Å². The van der Waals surface area contributed by atoms with Gasteiger partial charge in [0.25, 0.3) is 0 Å². The monoisotopic (exact) mass is 224 g/mol. The molecule has 0 heteroatoms. The molecule has 1 rings (SSSR count). The molecule has 0 radical (unpaired) electrons. The van der Waals surface area contributed by atoms with Crippen LogP contribution in [0.1, 0.15) is 69.2 Å². The number of hydrogen-bond acceptors (Lipinski definition) is 0. The standard InChI is InChI=1S/C16H32/c1-11-12(2)14(5,6)16(9,10)15(7,8)13(11,3)4/h11-12H,1-10H3. The summed E-state index contributed by atoms with van der Waals surface area (Å²) >= 11 is 0. The molecule has 96 valence electrons. The lowest BCUT2D eigenvalue weighted by Crippen LogP contribution is -2.62. The molecule has 0 aromatic heterocycles. The summed E-state index contributed by atoms with van der Waals surface area (Å²) in [7, 11) is 0. The van der Waals surface area contributed by atoms with Crippen molar-refractivity contribution in [3.63, 3.8) is 0 Å². The highest BCUT2D eigenvalue weighted by molar-refractivity contribution is 5.11. The molecular weight excluding hydrogens is 192 g/mol. The van der Waals surface area contributed by atoms with Crippen LogP contribution < -0.4 is 0 Å². The first kappa shape index (κ1) is 14.1. The Morgan fingerprint density at radius 2 is 0.688 bits per heavy atom. The summed E-state index contributed by atoms with van der Waals surface area (Å²) < 4.78 is 0. The Morgan fingerprint density at radius 1 is 0.500 bits per heavy atom. The van der Waals surface area contributed by atoms with Crippen molar-refractivity contribution in [2.24, 2.45) is 33.5 Å². The molecule has 1 saturated carbocycles. The number of rotatable bonds is 0. The van der Waals surface area contributed by atoms with Crippen LogP contribution in [-0.4, -0.2) is 0 Å². The maximum Gasteiger partial charge on any atom is -0.0244 e. The molecule has 2 unspecified atom stereocenters. The minimum atomic E-state index is 0.357. The van der Waals surface area contributed by atoms with Gasteiger partial charge < -0.3 is 0 Å². The Morgan fingerprint density at radius 3 is 0.875 bits per heavy atom. The first-order chi connectivity index (χ1) is 6.82. The highest BCUT2D eigenvalue weighted by atomic mass is 14.7. The van der Waals surface area contributed by atoms with Crippen molar-refractivity contribution in [2.45, 2.75) is 69.2 Å². The van der Waals surface area contributed by atoms with E-state index in [0.29, 0.717) is 21.7 Å². The van der Waals surface area contributed by atoms with E-state index in [0.717, 1.165) is 11.8 Å². The molecule has 16 heavy (non-hydrogen) atoms. The van der Waals surface area contributed by atoms with Crippen molar-refractivity contribution in [3.8, 4) is 0 Å². The third-order valence-corrected chi connectivity index (χ3v) is 7.81. The van der Waals surface area contributed by atoms with Crippen molar-refractivity contribution in [1.82, 2.24) is 0 Å². The van der Waals surface area contributed by atoms with Crippen molar-refractivity contribution in [1.29, 1.82) is 0 Å². The van der Waals surface area contributed by atoms with Gasteiger partial charge in [-0.2, -0.15) is 0 Å². The molecule has 0 bridgehead atoms. The van der Waals surface area contributed by atoms with E-state index in [1.807, 2.05) is 0 Å². The third-order valence-electron chi connectivity index (χ3n) is 7.81. The molecule has 0 aliphatic heterocycles. The molecule has 0 N–H and O–H groups in total. The van der Waals surface area contributed by atoms with Gasteiger partial charge in [0.05, 0.1) is 0 Å². The SMILES string of the molecule is CC1C(C)C(C)(C)C(C)(C)C(C)(C)C1(C)C. The zero-order chi connectivity index (χ0) is 13.2. The molecular formula is C16H32. The maximum absolute atomic E-state index is 2.47. The zero-order valence-corrected chi connectivity index (χ0v) is 13.2. The summed E-state index contributed by atoms with van der Waals surface area (Å²) in [4.78, 5) is 0. The van der Waals surface area contributed by atoms with E-state index in [4.69, 9.17) is 0 Å². The van der Waals surface area contributed by atoms with Crippen LogP contribution in [0.4, 0.5) is 0 Å². The molecule has 1 aliphatic rings. The first-order valence-corrected chi connectivity index (χ1v) is 6.82. The third kappa shape index (κ3) is 1.28. The molecule has 0 amide bonds. The van der Waals surface area contributed by atoms with Gasteiger partial charge in [-0.05, 0) is 33.5 Å². The molecule has 0 nitrogen and oxygen atoms in total. The van der Waals surface area contributed by atoms with Crippen LogP contribution in [0.25, 0.3) is 0 Å². The lowest BCUT2D eigenvalue weighted by Gasteiger charge is -2.68. The van der Waals surface area contributed by atoms with Crippen LogP contribution in [0, 0.1) is 33.5 Å². The summed E-state index contributed by atoms with van der Waals surface area (Å²) in [6.07, 6.45) is 0. The van der Waals surface area contributed by atoms with Gasteiger partial charge >= 0.3 is 0 Å². The summed E-state index contributed by atoms with van der Waals surface area (Å²) in [5.41, 5.74) is 1.50. The average molecular weight is 224 g/mol. The molecule has 1 fully saturated rings. The quantitative estimate of drug-likeness (QED) is 0.518. The summed E-state index contributed by atoms with van der Waals surface area (Å²) in [6.45, 7) is 24.6. The Labute approximate surface area is 103 Å². The highest BCUT2D eigenvalue weighted by Gasteiger charge is 2.63. The smallest absolute Gasteiger partial charge is 0.0244 e. The average Bonchev–Trinajstić information content (AvgIpc) is 2.12. The van der Waals surface area contributed by atoms with E-state index in [1.165, 1.54) is 0 Å². The Balaban J connectivity index is 3.42. The maximum atomic E-state index is 2.47. The van der Waals surface area contributed by atoms with E-state index in [-0.39, 0.29) is 0 Å². The lowest BCUT2D eigenvalue weighted by molar-refractivity contribution is -0.204. The van der Waals surface area contributed by atoms with Gasteiger partial charge in [-0.25, -0.2) is 0 Å². The van der Waals surface area contributed by atoms with Crippen LogP contribution in [-0.2, 0) is 0 Å². The molecule has 0 heterocycles. The van der Waals surface area contributed by atoms with Gasteiger partial charge in [0, 0.05) is 0 Å². The van der Waals surface area contributed by atoms with Gasteiger partial charge in [-0.1, -0.05) is 69.2 Å². The fourth-order valence-corrected chi connectivity index (χ4v) is 4.00. The van der Waals surface area contributed by atoms with Crippen molar-refractivity contribution < 1.29 is 0 Å². The van der Waals surface area contributed by atoms with E-state index in [9.17, 15) is 0 Å². The second-order valence-electron chi connectivity index (χ2n) is 8.27. The summed E-state index contributed by atoms with van der Waals surface area (Å²) in [5, 5.41) is 0. The molecule has 0 spiro atoms. The largest absolute Gasteiger partial charge is 0.0617 e. The predicted molar refractivity (Wildman–Crippen MR) is 73.5 cm³/mol. The van der Waals surface area contributed by atoms with Crippen LogP contribution in [0.15, 0.2) is 0 Å². The fraction of sp³-hybridized carbons (Fsp3) is 1.00. The molecule has 1 aliphatic carbocycles. The zero-order valence-electron chi connectivity index (χ0n) is 13.2. The van der Waals surface area contributed by atoms with Gasteiger partial charge in [0.2, 0.25) is 0 Å².